The van der Waals surface area contributed by atoms with Crippen molar-refractivity contribution >= 4 is 17.2 Å². The largest absolute Gasteiger partial charge is 0.506 e. The molecule has 0 aliphatic carbocycles. The lowest BCUT2D eigenvalue weighted by atomic mass is 10.1. The number of benzene rings is 2. The molecule has 7 heteroatoms. The molecule has 2 N–H and O–H groups in total. The zero-order valence-electron chi connectivity index (χ0n) is 13.4. The number of phenolic OH excluding ortho intramolecular Hbond substituents is 1. The van der Waals surface area contributed by atoms with E-state index < -0.39 is 0 Å². The maximum absolute atomic E-state index is 13.3. The van der Waals surface area contributed by atoms with E-state index in [1.807, 2.05) is 0 Å². The van der Waals surface area contributed by atoms with E-state index in [0.29, 0.717) is 28.4 Å². The molecule has 2 aromatic carbocycles. The summed E-state index contributed by atoms with van der Waals surface area (Å²) < 4.78 is 14.8. The Labute approximate surface area is 147 Å². The summed E-state index contributed by atoms with van der Waals surface area (Å²) in [6, 6.07) is 15.5. The van der Waals surface area contributed by atoms with Gasteiger partial charge in [-0.3, -0.25) is 4.40 Å². The maximum Gasteiger partial charge on any atom is 0.187 e. The first-order chi connectivity index (χ1) is 12.6. The van der Waals surface area contributed by atoms with E-state index in [-0.39, 0.29) is 17.3 Å². The molecular formula is C19H13FN4O2. The molecule has 128 valence electrons. The lowest BCUT2D eigenvalue weighted by Crippen LogP contribution is -1.83. The van der Waals surface area contributed by atoms with Gasteiger partial charge >= 0.3 is 0 Å². The molecule has 0 atom stereocenters. The minimum atomic E-state index is -0.363. The van der Waals surface area contributed by atoms with Gasteiger partial charge in [-0.1, -0.05) is 12.1 Å². The average molecular weight is 348 g/mol. The molecule has 0 unspecified atom stereocenters. The molecule has 2 heterocycles. The summed E-state index contributed by atoms with van der Waals surface area (Å²) >= 11 is 0. The van der Waals surface area contributed by atoms with Gasteiger partial charge in [-0.15, -0.1) is 10.2 Å². The zero-order chi connectivity index (χ0) is 18.1. The fourth-order valence-corrected chi connectivity index (χ4v) is 2.59. The number of imidazole rings is 1. The van der Waals surface area contributed by atoms with Crippen LogP contribution in [0, 0.1) is 5.82 Å². The van der Waals surface area contributed by atoms with Crippen LogP contribution in [0.25, 0.3) is 16.9 Å². The van der Waals surface area contributed by atoms with Crippen molar-refractivity contribution in [1.29, 1.82) is 0 Å². The molecule has 0 saturated heterocycles. The van der Waals surface area contributed by atoms with Crippen LogP contribution in [-0.4, -0.2) is 19.6 Å². The third kappa shape index (κ3) is 2.75. The highest BCUT2D eigenvalue weighted by atomic mass is 19.1. The molecule has 0 amide bonds. The van der Waals surface area contributed by atoms with Gasteiger partial charge in [0.25, 0.3) is 0 Å². The fraction of sp³-hybridized carbons (Fsp3) is 0. The monoisotopic (exact) mass is 348 g/mol. The standard InChI is InChI=1S/C19H13FN4O2/c20-13-9-7-12(8-10-13)17-19(23-22-14-4-1-2-5-15(14)25)24-11-3-6-16(26)18(24)21-17/h1-11,25-26H. The Hall–Kier alpha value is -3.74. The van der Waals surface area contributed by atoms with Crippen molar-refractivity contribution in [3.8, 4) is 22.8 Å². The van der Waals surface area contributed by atoms with Gasteiger partial charge in [0.05, 0.1) is 0 Å². The number of rotatable bonds is 3. The number of fused-ring (bicyclic) bond motifs is 1. The van der Waals surface area contributed by atoms with Crippen molar-refractivity contribution in [2.75, 3.05) is 0 Å². The second-order valence-corrected chi connectivity index (χ2v) is 5.57. The van der Waals surface area contributed by atoms with E-state index in [0.717, 1.165) is 0 Å². The van der Waals surface area contributed by atoms with Crippen LogP contribution in [0.15, 0.2) is 77.1 Å². The Balaban J connectivity index is 1.91. The molecule has 0 spiro atoms. The van der Waals surface area contributed by atoms with Crippen molar-refractivity contribution in [3.63, 3.8) is 0 Å². The Morgan fingerprint density at radius 2 is 1.58 bits per heavy atom. The number of halogens is 1. The highest BCUT2D eigenvalue weighted by Crippen LogP contribution is 2.35. The number of para-hydroxylation sites is 1. The second-order valence-electron chi connectivity index (χ2n) is 5.57. The smallest absolute Gasteiger partial charge is 0.187 e. The minimum Gasteiger partial charge on any atom is -0.506 e. The number of azo groups is 1. The van der Waals surface area contributed by atoms with E-state index in [2.05, 4.69) is 15.2 Å². The summed E-state index contributed by atoms with van der Waals surface area (Å²) in [5.74, 6) is -0.0281. The summed E-state index contributed by atoms with van der Waals surface area (Å²) in [6.07, 6.45) is 1.69. The fourth-order valence-electron chi connectivity index (χ4n) is 2.59. The van der Waals surface area contributed by atoms with Crippen LogP contribution in [0.2, 0.25) is 0 Å². The van der Waals surface area contributed by atoms with Gasteiger partial charge in [0.1, 0.15) is 22.9 Å². The summed E-state index contributed by atoms with van der Waals surface area (Å²) in [5, 5.41) is 28.2. The first-order valence-corrected chi connectivity index (χ1v) is 7.79. The Morgan fingerprint density at radius 3 is 2.35 bits per heavy atom. The van der Waals surface area contributed by atoms with Gasteiger partial charge in [0.2, 0.25) is 0 Å². The van der Waals surface area contributed by atoms with Gasteiger partial charge in [-0.25, -0.2) is 9.37 Å². The molecule has 0 bridgehead atoms. The molecule has 4 rings (SSSR count). The van der Waals surface area contributed by atoms with Crippen molar-refractivity contribution in [2.24, 2.45) is 10.2 Å². The number of aromatic nitrogens is 2. The number of aromatic hydroxyl groups is 2. The molecule has 0 radical (unpaired) electrons. The third-order valence-electron chi connectivity index (χ3n) is 3.86. The van der Waals surface area contributed by atoms with Gasteiger partial charge in [0.15, 0.2) is 17.2 Å². The second kappa shape index (κ2) is 6.29. The molecular weight excluding hydrogens is 335 g/mol. The van der Waals surface area contributed by atoms with Crippen molar-refractivity contribution < 1.29 is 14.6 Å². The van der Waals surface area contributed by atoms with Crippen LogP contribution in [-0.2, 0) is 0 Å². The van der Waals surface area contributed by atoms with Crippen LogP contribution < -0.4 is 0 Å². The van der Waals surface area contributed by atoms with Gasteiger partial charge in [0, 0.05) is 11.8 Å². The van der Waals surface area contributed by atoms with Gasteiger partial charge < -0.3 is 10.2 Å². The molecule has 0 fully saturated rings. The predicted molar refractivity (Wildman–Crippen MR) is 94.5 cm³/mol. The first-order valence-electron chi connectivity index (χ1n) is 7.79. The molecule has 0 aliphatic rings. The van der Waals surface area contributed by atoms with E-state index in [1.165, 1.54) is 24.3 Å². The normalized spacial score (nSPS) is 11.4. The maximum atomic E-state index is 13.3. The highest BCUT2D eigenvalue weighted by molar-refractivity contribution is 5.76. The Kier molecular flexibility index (Phi) is 3.81. The molecule has 4 aromatic rings. The Bertz CT molecular complexity index is 1120. The van der Waals surface area contributed by atoms with E-state index in [1.54, 1.807) is 47.0 Å². The molecule has 0 saturated carbocycles. The van der Waals surface area contributed by atoms with Crippen molar-refractivity contribution in [1.82, 2.24) is 9.38 Å². The molecule has 0 aliphatic heterocycles. The summed E-state index contributed by atoms with van der Waals surface area (Å²) in [7, 11) is 0. The van der Waals surface area contributed by atoms with Crippen LogP contribution in [0.5, 0.6) is 11.5 Å². The summed E-state index contributed by atoms with van der Waals surface area (Å²) in [5.41, 5.74) is 1.66. The topological polar surface area (TPSA) is 82.5 Å². The van der Waals surface area contributed by atoms with Crippen LogP contribution in [0.4, 0.5) is 15.9 Å². The van der Waals surface area contributed by atoms with Crippen LogP contribution in [0.1, 0.15) is 0 Å². The van der Waals surface area contributed by atoms with Crippen molar-refractivity contribution in [2.45, 2.75) is 0 Å². The zero-order valence-corrected chi connectivity index (χ0v) is 13.4. The molecule has 6 nitrogen and oxygen atoms in total. The molecule has 2 aromatic heterocycles. The van der Waals surface area contributed by atoms with E-state index in [9.17, 15) is 14.6 Å². The number of pyridine rings is 1. The number of nitrogens with zero attached hydrogens (tertiary/aromatic N) is 4. The number of phenols is 1. The summed E-state index contributed by atoms with van der Waals surface area (Å²) in [6.45, 7) is 0. The lowest BCUT2D eigenvalue weighted by molar-refractivity contribution is 0.476. The van der Waals surface area contributed by atoms with Crippen LogP contribution in [0.3, 0.4) is 0 Å². The average Bonchev–Trinajstić information content (AvgIpc) is 3.02. The highest BCUT2D eigenvalue weighted by Gasteiger charge is 2.16. The number of hydrogen-bond donors (Lipinski definition) is 2. The molecule has 26 heavy (non-hydrogen) atoms. The van der Waals surface area contributed by atoms with E-state index in [4.69, 9.17) is 0 Å². The minimum absolute atomic E-state index is 0.00347. The van der Waals surface area contributed by atoms with Crippen LogP contribution >= 0.6 is 0 Å². The van der Waals surface area contributed by atoms with Crippen molar-refractivity contribution in [3.05, 3.63) is 72.7 Å². The van der Waals surface area contributed by atoms with E-state index >= 15 is 0 Å². The predicted octanol–water partition coefficient (Wildman–Crippen LogP) is 4.97. The lowest BCUT2D eigenvalue weighted by Gasteiger charge is -2.01. The quantitative estimate of drug-likeness (QED) is 0.513. The van der Waals surface area contributed by atoms with Gasteiger partial charge in [-0.05, 0) is 48.5 Å². The first kappa shape index (κ1) is 15.8. The third-order valence-corrected chi connectivity index (χ3v) is 3.86. The summed E-state index contributed by atoms with van der Waals surface area (Å²) in [4.78, 5) is 4.42. The SMILES string of the molecule is Oc1ccccc1N=Nc1c(-c2ccc(F)cc2)nc2c(O)cccn12. The Morgan fingerprint density at radius 1 is 0.846 bits per heavy atom. The van der Waals surface area contributed by atoms with Gasteiger partial charge in [-0.2, -0.15) is 0 Å². The number of hydrogen-bond acceptors (Lipinski definition) is 5.